The van der Waals surface area contributed by atoms with Crippen LogP contribution in [0.25, 0.3) is 11.0 Å². The number of carbonyl (C=O) groups is 3. The Kier molecular flexibility index (Phi) is 7.90. The monoisotopic (exact) mass is 404 g/mol. The van der Waals surface area contributed by atoms with Crippen LogP contribution < -0.4 is 10.9 Å². The molecule has 0 radical (unpaired) electrons. The molecule has 9 heteroatoms. The molecule has 1 aliphatic rings. The van der Waals surface area contributed by atoms with Crippen molar-refractivity contribution in [3.05, 3.63) is 46.3 Å². The summed E-state index contributed by atoms with van der Waals surface area (Å²) >= 11 is 0. The van der Waals surface area contributed by atoms with Crippen molar-refractivity contribution in [1.82, 2.24) is 10.2 Å². The number of nitrogens with one attached hydrogen (secondary N) is 1. The van der Waals surface area contributed by atoms with Gasteiger partial charge in [-0.2, -0.15) is 0 Å². The lowest BCUT2D eigenvalue weighted by molar-refractivity contribution is -0.141. The smallest absolute Gasteiger partial charge is 0.349 e. The van der Waals surface area contributed by atoms with Crippen LogP contribution in [0.15, 0.2) is 39.5 Å². The second kappa shape index (κ2) is 10.4. The summed E-state index contributed by atoms with van der Waals surface area (Å²) in [5, 5.41) is 10.4. The summed E-state index contributed by atoms with van der Waals surface area (Å²) < 4.78 is 9.92. The first-order valence-corrected chi connectivity index (χ1v) is 9.09. The van der Waals surface area contributed by atoms with Crippen LogP contribution in [0.2, 0.25) is 0 Å². The highest BCUT2D eigenvalue weighted by molar-refractivity contribution is 5.96. The number of carbonyl (C=O) groups excluding carboxylic acids is 2. The highest BCUT2D eigenvalue weighted by atomic mass is 16.5. The normalized spacial score (nSPS) is 18.6. The van der Waals surface area contributed by atoms with Crippen LogP contribution in [0.5, 0.6) is 0 Å². The molecular weight excluding hydrogens is 380 g/mol. The van der Waals surface area contributed by atoms with Gasteiger partial charge in [0.25, 0.3) is 12.4 Å². The Balaban J connectivity index is 0.000000941. The van der Waals surface area contributed by atoms with Crippen molar-refractivity contribution in [2.45, 2.75) is 31.3 Å². The van der Waals surface area contributed by atoms with Gasteiger partial charge in [0, 0.05) is 24.0 Å². The highest BCUT2D eigenvalue weighted by Crippen LogP contribution is 2.24. The van der Waals surface area contributed by atoms with E-state index in [-0.39, 0.29) is 30.1 Å². The average molecular weight is 404 g/mol. The number of ether oxygens (including phenoxy) is 1. The van der Waals surface area contributed by atoms with E-state index >= 15 is 0 Å². The van der Waals surface area contributed by atoms with Gasteiger partial charge in [-0.3, -0.25) is 19.3 Å². The van der Waals surface area contributed by atoms with Crippen LogP contribution in [0.1, 0.15) is 29.6 Å². The van der Waals surface area contributed by atoms with Crippen molar-refractivity contribution in [3.8, 4) is 0 Å². The van der Waals surface area contributed by atoms with Crippen molar-refractivity contribution in [2.24, 2.45) is 0 Å². The minimum atomic E-state index is -0.649. The van der Waals surface area contributed by atoms with E-state index in [1.54, 1.807) is 24.3 Å². The maximum absolute atomic E-state index is 12.4. The standard InChI is InChI=1S/C19H22N2O5.CH2O2/c1-21-13(10-17(22)25-2)7-8-14(21)11-20-18(23)15-9-12-5-3-4-6-16(12)26-19(15)24;2-1-3/h3-6,9,13-14H,7-8,10-11H2,1-2H3,(H,20,23);1H,(H,2,3)/t13-,14+;/m1./s1. The third-order valence-electron chi connectivity index (χ3n) is 5.00. The zero-order valence-corrected chi connectivity index (χ0v) is 16.3. The summed E-state index contributed by atoms with van der Waals surface area (Å²) in [7, 11) is 3.31. The SMILES string of the molecule is COC(=O)C[C@H]1CC[C@@H](CNC(=O)c2cc3ccccc3oc2=O)N1C.O=CO. The molecule has 1 aromatic carbocycles. The van der Waals surface area contributed by atoms with E-state index in [2.05, 4.69) is 10.2 Å². The summed E-state index contributed by atoms with van der Waals surface area (Å²) in [6.07, 6.45) is 2.07. The first kappa shape index (κ1) is 22.1. The van der Waals surface area contributed by atoms with E-state index in [1.807, 2.05) is 13.1 Å². The number of para-hydroxylation sites is 1. The summed E-state index contributed by atoms with van der Waals surface area (Å²) in [4.78, 5) is 46.4. The van der Waals surface area contributed by atoms with Crippen LogP contribution >= 0.6 is 0 Å². The number of hydrogen-bond acceptors (Lipinski definition) is 7. The Hall–Kier alpha value is -3.20. The molecule has 0 aliphatic carbocycles. The molecule has 1 aromatic heterocycles. The molecule has 2 heterocycles. The third kappa shape index (κ3) is 5.64. The number of amides is 1. The maximum atomic E-state index is 12.4. The van der Waals surface area contributed by atoms with Gasteiger partial charge in [0.2, 0.25) is 0 Å². The minimum absolute atomic E-state index is 0.00420. The predicted molar refractivity (Wildman–Crippen MR) is 105 cm³/mol. The average Bonchev–Trinajstić information content (AvgIpc) is 3.05. The van der Waals surface area contributed by atoms with Gasteiger partial charge in [-0.15, -0.1) is 0 Å². The molecule has 29 heavy (non-hydrogen) atoms. The van der Waals surface area contributed by atoms with Crippen LogP contribution in [0.4, 0.5) is 0 Å². The van der Waals surface area contributed by atoms with Gasteiger partial charge in [0.05, 0.1) is 13.5 Å². The number of methoxy groups -OCH3 is 1. The molecule has 2 atom stereocenters. The van der Waals surface area contributed by atoms with Gasteiger partial charge in [-0.1, -0.05) is 18.2 Å². The number of carboxylic acid groups (broad SMARTS) is 1. The molecule has 3 rings (SSSR count). The van der Waals surface area contributed by atoms with E-state index in [1.165, 1.54) is 7.11 Å². The number of rotatable bonds is 5. The van der Waals surface area contributed by atoms with Crippen molar-refractivity contribution in [1.29, 1.82) is 0 Å². The Morgan fingerprint density at radius 2 is 1.97 bits per heavy atom. The Morgan fingerprint density at radius 3 is 2.66 bits per heavy atom. The number of hydrogen-bond donors (Lipinski definition) is 2. The van der Waals surface area contributed by atoms with E-state index in [9.17, 15) is 14.4 Å². The summed E-state index contributed by atoms with van der Waals surface area (Å²) in [6, 6.07) is 8.83. The maximum Gasteiger partial charge on any atom is 0.349 e. The van der Waals surface area contributed by atoms with E-state index in [0.29, 0.717) is 23.9 Å². The zero-order valence-electron chi connectivity index (χ0n) is 16.3. The lowest BCUT2D eigenvalue weighted by atomic mass is 10.1. The van der Waals surface area contributed by atoms with Crippen LogP contribution in [-0.2, 0) is 14.3 Å². The topological polar surface area (TPSA) is 126 Å². The first-order valence-electron chi connectivity index (χ1n) is 9.09. The van der Waals surface area contributed by atoms with Gasteiger partial charge in [-0.05, 0) is 32.0 Å². The summed E-state index contributed by atoms with van der Waals surface area (Å²) in [6.45, 7) is 0.152. The second-order valence-corrected chi connectivity index (χ2v) is 6.63. The van der Waals surface area contributed by atoms with Gasteiger partial charge in [0.1, 0.15) is 11.1 Å². The molecule has 1 amide bonds. The van der Waals surface area contributed by atoms with Gasteiger partial charge in [0.15, 0.2) is 0 Å². The van der Waals surface area contributed by atoms with Crippen molar-refractivity contribution in [2.75, 3.05) is 20.7 Å². The molecule has 1 aliphatic heterocycles. The first-order chi connectivity index (χ1) is 13.9. The van der Waals surface area contributed by atoms with Crippen LogP contribution in [0, 0.1) is 0 Å². The largest absolute Gasteiger partial charge is 0.483 e. The zero-order chi connectivity index (χ0) is 21.4. The number of likely N-dealkylation sites (tertiary alicyclic amines) is 1. The molecular formula is C20H24N2O7. The van der Waals surface area contributed by atoms with Gasteiger partial charge in [-0.25, -0.2) is 4.79 Å². The molecule has 0 saturated carbocycles. The fraction of sp³-hybridized carbons (Fsp3) is 0.400. The van der Waals surface area contributed by atoms with E-state index in [0.717, 1.165) is 12.8 Å². The molecule has 9 nitrogen and oxygen atoms in total. The van der Waals surface area contributed by atoms with Crippen LogP contribution in [0.3, 0.4) is 0 Å². The predicted octanol–water partition coefficient (Wildman–Crippen LogP) is 1.25. The fourth-order valence-corrected chi connectivity index (χ4v) is 3.38. The Morgan fingerprint density at radius 1 is 1.31 bits per heavy atom. The molecule has 2 aromatic rings. The Labute approximate surface area is 167 Å². The van der Waals surface area contributed by atoms with Gasteiger partial charge < -0.3 is 19.6 Å². The molecule has 0 spiro atoms. The van der Waals surface area contributed by atoms with E-state index in [4.69, 9.17) is 19.1 Å². The second-order valence-electron chi connectivity index (χ2n) is 6.63. The number of fused-ring (bicyclic) bond motifs is 1. The molecule has 1 fully saturated rings. The summed E-state index contributed by atoms with van der Waals surface area (Å²) in [5.74, 6) is -0.686. The number of likely N-dealkylation sites (N-methyl/N-ethyl adjacent to an activating group) is 1. The van der Waals surface area contributed by atoms with Crippen molar-refractivity contribution < 1.29 is 28.6 Å². The number of benzene rings is 1. The highest BCUT2D eigenvalue weighted by Gasteiger charge is 2.32. The quantitative estimate of drug-likeness (QED) is 0.433. The third-order valence-corrected chi connectivity index (χ3v) is 5.00. The number of nitrogens with zero attached hydrogens (tertiary/aromatic N) is 1. The summed E-state index contributed by atoms with van der Waals surface area (Å²) in [5.41, 5.74) is -0.199. The molecule has 2 N–H and O–H groups in total. The fourth-order valence-electron chi connectivity index (χ4n) is 3.38. The number of esters is 1. The van der Waals surface area contributed by atoms with Crippen molar-refractivity contribution in [3.63, 3.8) is 0 Å². The molecule has 0 unspecified atom stereocenters. The lowest BCUT2D eigenvalue weighted by Crippen LogP contribution is -2.42. The van der Waals surface area contributed by atoms with Crippen molar-refractivity contribution >= 4 is 29.3 Å². The van der Waals surface area contributed by atoms with Crippen LogP contribution in [-0.4, -0.2) is 61.1 Å². The van der Waals surface area contributed by atoms with E-state index < -0.39 is 11.5 Å². The Bertz CT molecular complexity index is 924. The molecule has 156 valence electrons. The molecule has 1 saturated heterocycles. The molecule has 0 bridgehead atoms. The van der Waals surface area contributed by atoms with Gasteiger partial charge >= 0.3 is 11.6 Å². The minimum Gasteiger partial charge on any atom is -0.483 e. The lowest BCUT2D eigenvalue weighted by Gasteiger charge is -2.25.